The predicted octanol–water partition coefficient (Wildman–Crippen LogP) is 6.66. The summed E-state index contributed by atoms with van der Waals surface area (Å²) in [6, 6.07) is 9.72. The first-order chi connectivity index (χ1) is 17.9. The van der Waals surface area contributed by atoms with Gasteiger partial charge in [-0.1, -0.05) is 36.7 Å². The molecule has 1 N–H and O–H groups in total. The van der Waals surface area contributed by atoms with Crippen LogP contribution in [0.1, 0.15) is 42.1 Å². The van der Waals surface area contributed by atoms with Gasteiger partial charge in [0.05, 0.1) is 17.2 Å². The Labute approximate surface area is 217 Å². The zero-order chi connectivity index (χ0) is 26.4. The first-order valence-corrected chi connectivity index (χ1v) is 12.3. The number of halogens is 3. The fourth-order valence-electron chi connectivity index (χ4n) is 4.10. The van der Waals surface area contributed by atoms with Crippen molar-refractivity contribution in [3.63, 3.8) is 0 Å². The van der Waals surface area contributed by atoms with E-state index in [2.05, 4.69) is 4.98 Å². The van der Waals surface area contributed by atoms with Crippen LogP contribution < -0.4 is 9.47 Å². The van der Waals surface area contributed by atoms with Gasteiger partial charge in [-0.25, -0.2) is 18.6 Å². The van der Waals surface area contributed by atoms with Crippen molar-refractivity contribution >= 4 is 17.6 Å². The van der Waals surface area contributed by atoms with E-state index in [0.29, 0.717) is 17.9 Å². The minimum absolute atomic E-state index is 0.0600. The summed E-state index contributed by atoms with van der Waals surface area (Å²) in [6.07, 6.45) is 3.58. The largest absolute Gasteiger partial charge is 0.478 e. The Bertz CT molecular complexity index is 1250. The van der Waals surface area contributed by atoms with E-state index in [1.807, 2.05) is 0 Å². The average Bonchev–Trinajstić information content (AvgIpc) is 2.90. The fourth-order valence-corrected chi connectivity index (χ4v) is 4.36. The second kappa shape index (κ2) is 12.3. The molecule has 0 amide bonds. The number of aromatic carboxylic acids is 1. The van der Waals surface area contributed by atoms with Gasteiger partial charge in [0.25, 0.3) is 5.88 Å². The van der Waals surface area contributed by atoms with Gasteiger partial charge in [-0.15, -0.1) is 0 Å². The molecule has 7 nitrogen and oxygen atoms in total. The smallest absolute Gasteiger partial charge is 0.338 e. The van der Waals surface area contributed by atoms with Crippen LogP contribution in [0.4, 0.5) is 8.78 Å². The molecule has 4 rings (SSSR count). The first-order valence-electron chi connectivity index (χ1n) is 11.9. The highest BCUT2D eigenvalue weighted by Gasteiger charge is 2.29. The summed E-state index contributed by atoms with van der Waals surface area (Å²) in [6.45, 7) is 2.41. The van der Waals surface area contributed by atoms with Crippen molar-refractivity contribution in [2.45, 2.75) is 38.9 Å². The number of carboxylic acid groups (broad SMARTS) is 1. The lowest BCUT2D eigenvalue weighted by molar-refractivity contribution is -0.165. The zero-order valence-corrected chi connectivity index (χ0v) is 20.9. The fraction of sp³-hybridized carbons (Fsp3) is 0.333. The molecule has 1 saturated heterocycles. The van der Waals surface area contributed by atoms with Crippen LogP contribution in [0.15, 0.2) is 42.6 Å². The molecule has 1 unspecified atom stereocenters. The van der Waals surface area contributed by atoms with Crippen molar-refractivity contribution in [2.24, 2.45) is 0 Å². The Hall–Kier alpha value is -3.27. The van der Waals surface area contributed by atoms with Crippen LogP contribution >= 0.6 is 11.6 Å². The Morgan fingerprint density at radius 3 is 2.65 bits per heavy atom. The molecule has 1 fully saturated rings. The zero-order valence-electron chi connectivity index (χ0n) is 20.1. The summed E-state index contributed by atoms with van der Waals surface area (Å²) >= 11 is 6.32. The highest BCUT2D eigenvalue weighted by atomic mass is 35.5. The number of nitrogens with zero attached hydrogens (tertiary/aromatic N) is 1. The van der Waals surface area contributed by atoms with E-state index >= 15 is 4.39 Å². The third kappa shape index (κ3) is 6.18. The maximum absolute atomic E-state index is 15.8. The molecule has 3 aromatic rings. The molecule has 196 valence electrons. The lowest BCUT2D eigenvalue weighted by Crippen LogP contribution is -2.24. The summed E-state index contributed by atoms with van der Waals surface area (Å²) in [5, 5.41) is 9.34. The molecule has 0 radical (unpaired) electrons. The van der Waals surface area contributed by atoms with Gasteiger partial charge >= 0.3 is 5.97 Å². The SMILES string of the molecule is CCc1c(Oc2ccccc2)cc(F)c(Cl)c1-c1c(C(=O)O)cnc(OCCOC2CCCCO2)c1F. The number of aromatic nitrogens is 1. The van der Waals surface area contributed by atoms with Crippen molar-refractivity contribution in [3.05, 3.63) is 70.4 Å². The van der Waals surface area contributed by atoms with Crippen molar-refractivity contribution in [1.82, 2.24) is 4.98 Å². The molecule has 0 spiro atoms. The quantitative estimate of drug-likeness (QED) is 0.292. The van der Waals surface area contributed by atoms with Crippen LogP contribution in [-0.2, 0) is 15.9 Å². The van der Waals surface area contributed by atoms with Gasteiger partial charge < -0.3 is 24.1 Å². The van der Waals surface area contributed by atoms with E-state index in [9.17, 15) is 14.3 Å². The molecule has 37 heavy (non-hydrogen) atoms. The van der Waals surface area contributed by atoms with E-state index in [-0.39, 0.29) is 37.2 Å². The maximum Gasteiger partial charge on any atom is 0.338 e. The molecule has 1 aromatic heterocycles. The monoisotopic (exact) mass is 533 g/mol. The molecule has 1 atom stereocenters. The molecule has 10 heteroatoms. The average molecular weight is 534 g/mol. The second-order valence-corrected chi connectivity index (χ2v) is 8.66. The molecule has 1 aliphatic heterocycles. The minimum atomic E-state index is -1.46. The Morgan fingerprint density at radius 1 is 1.19 bits per heavy atom. The predicted molar refractivity (Wildman–Crippen MR) is 132 cm³/mol. The number of carbonyl (C=O) groups is 1. The number of hydrogen-bond acceptors (Lipinski definition) is 6. The van der Waals surface area contributed by atoms with Gasteiger partial charge in [0.2, 0.25) is 0 Å². The molecule has 2 aromatic carbocycles. The Balaban J connectivity index is 1.70. The van der Waals surface area contributed by atoms with E-state index in [1.54, 1.807) is 37.3 Å². The van der Waals surface area contributed by atoms with Crippen molar-refractivity contribution in [1.29, 1.82) is 0 Å². The van der Waals surface area contributed by atoms with Crippen LogP contribution in [0.25, 0.3) is 11.1 Å². The summed E-state index contributed by atoms with van der Waals surface area (Å²) in [4.78, 5) is 15.9. The number of pyridine rings is 1. The van der Waals surface area contributed by atoms with Crippen LogP contribution in [0.2, 0.25) is 5.02 Å². The lowest BCUT2D eigenvalue weighted by atomic mass is 9.93. The number of hydrogen-bond donors (Lipinski definition) is 1. The summed E-state index contributed by atoms with van der Waals surface area (Å²) in [7, 11) is 0. The van der Waals surface area contributed by atoms with E-state index in [4.69, 9.17) is 30.5 Å². The van der Waals surface area contributed by atoms with Gasteiger partial charge in [0.1, 0.15) is 23.9 Å². The molecule has 2 heterocycles. The van der Waals surface area contributed by atoms with Crippen molar-refractivity contribution < 1.29 is 37.6 Å². The van der Waals surface area contributed by atoms with Crippen LogP contribution in [0.3, 0.4) is 0 Å². The number of rotatable bonds is 10. The van der Waals surface area contributed by atoms with Crippen molar-refractivity contribution in [2.75, 3.05) is 19.8 Å². The summed E-state index contributed by atoms with van der Waals surface area (Å²) < 4.78 is 53.2. The van der Waals surface area contributed by atoms with Gasteiger partial charge in [-0.3, -0.25) is 0 Å². The topological polar surface area (TPSA) is 87.1 Å². The lowest BCUT2D eigenvalue weighted by Gasteiger charge is -2.22. The molecule has 1 aliphatic rings. The third-order valence-corrected chi connectivity index (χ3v) is 6.21. The summed E-state index contributed by atoms with van der Waals surface area (Å²) in [5.41, 5.74) is -0.742. The minimum Gasteiger partial charge on any atom is -0.478 e. The van der Waals surface area contributed by atoms with Gasteiger partial charge in [-0.05, 0) is 37.8 Å². The number of para-hydroxylation sites is 1. The van der Waals surface area contributed by atoms with Gasteiger partial charge in [0, 0.05) is 35.6 Å². The Kier molecular flexibility index (Phi) is 8.91. The van der Waals surface area contributed by atoms with Crippen LogP contribution in [0, 0.1) is 11.6 Å². The van der Waals surface area contributed by atoms with E-state index < -0.39 is 39.6 Å². The van der Waals surface area contributed by atoms with Crippen LogP contribution in [0.5, 0.6) is 17.4 Å². The molecular formula is C27H26ClF2NO6. The number of ether oxygens (including phenoxy) is 4. The highest BCUT2D eigenvalue weighted by Crippen LogP contribution is 2.44. The molecular weight excluding hydrogens is 508 g/mol. The van der Waals surface area contributed by atoms with E-state index in [0.717, 1.165) is 31.5 Å². The van der Waals surface area contributed by atoms with Gasteiger partial charge in [0.15, 0.2) is 12.1 Å². The second-order valence-electron chi connectivity index (χ2n) is 8.28. The first kappa shape index (κ1) is 26.8. The molecule has 0 aliphatic carbocycles. The van der Waals surface area contributed by atoms with Crippen molar-refractivity contribution in [3.8, 4) is 28.5 Å². The number of carboxylic acids is 1. The van der Waals surface area contributed by atoms with E-state index in [1.165, 1.54) is 0 Å². The molecule has 0 bridgehead atoms. The summed E-state index contributed by atoms with van der Waals surface area (Å²) in [5.74, 6) is -3.39. The Morgan fingerprint density at radius 2 is 1.97 bits per heavy atom. The number of benzene rings is 2. The highest BCUT2D eigenvalue weighted by molar-refractivity contribution is 6.34. The van der Waals surface area contributed by atoms with Crippen LogP contribution in [-0.4, -0.2) is 42.2 Å². The normalized spacial score (nSPS) is 15.4. The third-order valence-electron chi connectivity index (χ3n) is 5.84. The maximum atomic E-state index is 15.8. The molecule has 0 saturated carbocycles. The van der Waals surface area contributed by atoms with Gasteiger partial charge in [-0.2, -0.15) is 0 Å². The standard InChI is InChI=1S/C27H26ClF2NO6/c1-2-17-20(37-16-8-4-3-5-9-16)14-19(29)24(28)22(17)23-18(27(32)33)15-31-26(25(23)30)36-13-12-35-21-10-6-7-11-34-21/h3-5,8-9,14-15,21H,2,6-7,10-13H2,1H3,(H,32,33).